The molecule has 0 radical (unpaired) electrons. The molecule has 0 fully saturated rings. The number of anilines is 1. The van der Waals surface area contributed by atoms with Crippen molar-refractivity contribution in [1.29, 1.82) is 0 Å². The van der Waals surface area contributed by atoms with Gasteiger partial charge >= 0.3 is 0 Å². The first-order chi connectivity index (χ1) is 4.79. The van der Waals surface area contributed by atoms with Crippen molar-refractivity contribution in [2.24, 2.45) is 7.05 Å². The van der Waals surface area contributed by atoms with Crippen LogP contribution >= 0.6 is 15.9 Å². The Morgan fingerprint density at radius 3 is 2.90 bits per heavy atom. The third kappa shape index (κ3) is 1.15. The van der Waals surface area contributed by atoms with Gasteiger partial charge in [0.15, 0.2) is 5.95 Å². The molecule has 0 spiro atoms. The molecule has 0 saturated heterocycles. The molecule has 0 aliphatic heterocycles. The fourth-order valence-electron chi connectivity index (χ4n) is 0.664. The zero-order chi connectivity index (χ0) is 7.56. The Kier molecular flexibility index (Phi) is 2.29. The summed E-state index contributed by atoms with van der Waals surface area (Å²) in [6.07, 6.45) is 1.65. The molecule has 1 rings (SSSR count). The van der Waals surface area contributed by atoms with Gasteiger partial charge in [0.25, 0.3) is 0 Å². The lowest BCUT2D eigenvalue weighted by Gasteiger charge is -2.08. The summed E-state index contributed by atoms with van der Waals surface area (Å²) < 4.78 is 1.70. The minimum atomic E-state index is 0.342. The van der Waals surface area contributed by atoms with Crippen molar-refractivity contribution in [2.75, 3.05) is 5.48 Å². The first-order valence-corrected chi connectivity index (χ1v) is 3.86. The number of hydrogen-bond donors (Lipinski definition) is 1. The first-order valence-electron chi connectivity index (χ1n) is 2.74. The van der Waals surface area contributed by atoms with Gasteiger partial charge in [0, 0.05) is 18.1 Å². The zero-order valence-corrected chi connectivity index (χ0v) is 7.05. The Morgan fingerprint density at radius 1 is 1.90 bits per heavy atom. The predicted molar refractivity (Wildman–Crippen MR) is 42.8 cm³/mol. The summed E-state index contributed by atoms with van der Waals surface area (Å²) in [4.78, 5) is 3.81. The summed E-state index contributed by atoms with van der Waals surface area (Å²) in [6.45, 7) is 0. The van der Waals surface area contributed by atoms with Gasteiger partial charge in [-0.05, 0) is 0 Å². The number of nitrogens with zero attached hydrogens (tertiary/aromatic N) is 2. The fourth-order valence-corrected chi connectivity index (χ4v) is 1.18. The molecule has 0 atom stereocenters. The molecule has 1 N–H and O–H groups in total. The van der Waals surface area contributed by atoms with Gasteiger partial charge in [0.05, 0.1) is 6.20 Å². The largest absolute Gasteiger partial charge is 0.759 e. The summed E-state index contributed by atoms with van der Waals surface area (Å²) in [7, 11) is 1.78. The van der Waals surface area contributed by atoms with Crippen LogP contribution in [0.4, 0.5) is 5.95 Å². The molecule has 0 bridgehead atoms. The lowest BCUT2D eigenvalue weighted by atomic mass is 10.5. The number of alkyl halides is 1. The van der Waals surface area contributed by atoms with Crippen molar-refractivity contribution in [3.63, 3.8) is 0 Å². The lowest BCUT2D eigenvalue weighted by Crippen LogP contribution is -1.98. The third-order valence-corrected chi connectivity index (χ3v) is 1.89. The van der Waals surface area contributed by atoms with Crippen LogP contribution in [0.3, 0.4) is 0 Å². The quantitative estimate of drug-likeness (QED) is 0.583. The van der Waals surface area contributed by atoms with E-state index < -0.39 is 0 Å². The van der Waals surface area contributed by atoms with E-state index in [0.717, 1.165) is 5.69 Å². The fraction of sp³-hybridized carbons (Fsp3) is 0.400. The SMILES string of the molecule is Cn1c(CBr)cnc1N[O-]. The van der Waals surface area contributed by atoms with E-state index in [4.69, 9.17) is 0 Å². The number of aromatic nitrogens is 2. The highest BCUT2D eigenvalue weighted by atomic mass is 79.9. The maximum atomic E-state index is 10.1. The van der Waals surface area contributed by atoms with Crippen molar-refractivity contribution < 1.29 is 0 Å². The number of rotatable bonds is 2. The van der Waals surface area contributed by atoms with Crippen LogP contribution in [0.1, 0.15) is 5.69 Å². The van der Waals surface area contributed by atoms with E-state index >= 15 is 0 Å². The summed E-state index contributed by atoms with van der Waals surface area (Å²) in [5, 5.41) is 10.8. The average molecular weight is 205 g/mol. The molecule has 0 aliphatic carbocycles. The number of halogens is 1. The molecule has 5 heteroatoms. The summed E-state index contributed by atoms with van der Waals surface area (Å²) >= 11 is 3.26. The smallest absolute Gasteiger partial charge is 0.191 e. The van der Waals surface area contributed by atoms with Crippen LogP contribution in [-0.4, -0.2) is 9.55 Å². The summed E-state index contributed by atoms with van der Waals surface area (Å²) in [5.74, 6) is 0.342. The number of imidazole rings is 1. The van der Waals surface area contributed by atoms with Gasteiger partial charge < -0.3 is 15.3 Å². The Hall–Kier alpha value is -0.550. The normalized spacial score (nSPS) is 9.90. The molecule has 56 valence electrons. The predicted octanol–water partition coefficient (Wildman–Crippen LogP) is 1.22. The van der Waals surface area contributed by atoms with E-state index in [1.807, 2.05) is 0 Å². The second-order valence-electron chi connectivity index (χ2n) is 1.87. The lowest BCUT2D eigenvalue weighted by molar-refractivity contribution is 0.879. The van der Waals surface area contributed by atoms with Crippen molar-refractivity contribution in [2.45, 2.75) is 5.33 Å². The molecule has 0 unspecified atom stereocenters. The maximum Gasteiger partial charge on any atom is 0.191 e. The van der Waals surface area contributed by atoms with Gasteiger partial charge in [0.1, 0.15) is 0 Å². The molecule has 1 heterocycles. The van der Waals surface area contributed by atoms with Crippen molar-refractivity contribution >= 4 is 21.9 Å². The standard InChI is InChI=1S/C5H7BrN3O/c1-9-4(2-6)3-7-5(9)8-10/h3H,2H2,1H3,(H-,7,8,10)/q-1. The highest BCUT2D eigenvalue weighted by Crippen LogP contribution is 2.09. The summed E-state index contributed by atoms with van der Waals surface area (Å²) in [5.41, 5.74) is 2.70. The number of nitrogens with one attached hydrogen (secondary N) is 1. The van der Waals surface area contributed by atoms with E-state index in [1.165, 1.54) is 0 Å². The van der Waals surface area contributed by atoms with Crippen LogP contribution in [0.2, 0.25) is 0 Å². The molecule has 10 heavy (non-hydrogen) atoms. The maximum absolute atomic E-state index is 10.1. The van der Waals surface area contributed by atoms with E-state index in [0.29, 0.717) is 11.3 Å². The van der Waals surface area contributed by atoms with Gasteiger partial charge in [-0.15, -0.1) is 0 Å². The molecule has 1 aromatic heterocycles. The first kappa shape index (κ1) is 7.56. The second-order valence-corrected chi connectivity index (χ2v) is 2.43. The van der Waals surface area contributed by atoms with Gasteiger partial charge in [-0.25, -0.2) is 4.98 Å². The Balaban J connectivity index is 2.97. The molecule has 1 aromatic rings. The van der Waals surface area contributed by atoms with Crippen LogP contribution in [-0.2, 0) is 12.4 Å². The molecular weight excluding hydrogens is 198 g/mol. The molecule has 0 saturated carbocycles. The highest BCUT2D eigenvalue weighted by Gasteiger charge is 1.99. The van der Waals surface area contributed by atoms with Crippen molar-refractivity contribution in [3.05, 3.63) is 17.1 Å². The van der Waals surface area contributed by atoms with Gasteiger partial charge in [-0.3, -0.25) is 0 Å². The minimum Gasteiger partial charge on any atom is -0.759 e. The Morgan fingerprint density at radius 2 is 2.60 bits per heavy atom. The van der Waals surface area contributed by atoms with Crippen LogP contribution in [0, 0.1) is 5.21 Å². The van der Waals surface area contributed by atoms with Crippen molar-refractivity contribution in [3.8, 4) is 0 Å². The van der Waals surface area contributed by atoms with Crippen LogP contribution in [0.25, 0.3) is 0 Å². The van der Waals surface area contributed by atoms with Crippen molar-refractivity contribution in [1.82, 2.24) is 9.55 Å². The van der Waals surface area contributed by atoms with Crippen LogP contribution in [0.15, 0.2) is 6.20 Å². The zero-order valence-electron chi connectivity index (χ0n) is 5.47. The molecule has 0 aliphatic rings. The minimum absolute atomic E-state index is 0.342. The molecule has 0 aromatic carbocycles. The monoisotopic (exact) mass is 204 g/mol. The van der Waals surface area contributed by atoms with E-state index in [1.54, 1.807) is 23.3 Å². The van der Waals surface area contributed by atoms with E-state index in [2.05, 4.69) is 20.9 Å². The molecular formula is C5H7BrN3O-. The summed E-state index contributed by atoms with van der Waals surface area (Å²) in [6, 6.07) is 0. The third-order valence-electron chi connectivity index (χ3n) is 1.31. The van der Waals surface area contributed by atoms with Gasteiger partial charge in [-0.1, -0.05) is 15.9 Å². The van der Waals surface area contributed by atoms with Crippen LogP contribution in [0.5, 0.6) is 0 Å². The second kappa shape index (κ2) is 3.03. The number of hydrogen-bond acceptors (Lipinski definition) is 3. The van der Waals surface area contributed by atoms with E-state index in [-0.39, 0.29) is 0 Å². The van der Waals surface area contributed by atoms with Gasteiger partial charge in [0.2, 0.25) is 0 Å². The van der Waals surface area contributed by atoms with Gasteiger partial charge in [-0.2, -0.15) is 0 Å². The molecule has 4 nitrogen and oxygen atoms in total. The topological polar surface area (TPSA) is 52.9 Å². The average Bonchev–Trinajstić information content (AvgIpc) is 2.30. The van der Waals surface area contributed by atoms with Crippen LogP contribution < -0.4 is 5.48 Å². The Labute approximate surface area is 67.0 Å². The highest BCUT2D eigenvalue weighted by molar-refractivity contribution is 9.08. The van der Waals surface area contributed by atoms with E-state index in [9.17, 15) is 5.21 Å². The molecule has 0 amide bonds. The Bertz CT molecular complexity index is 201.